The first-order valence-corrected chi connectivity index (χ1v) is 10.1. The second-order valence-electron chi connectivity index (χ2n) is 6.06. The number of sulfonamides is 1. The summed E-state index contributed by atoms with van der Waals surface area (Å²) < 4.78 is 32.7. The van der Waals surface area contributed by atoms with E-state index in [4.69, 9.17) is 4.74 Å². The largest absolute Gasteiger partial charge is 0.494 e. The maximum absolute atomic E-state index is 12.8. The van der Waals surface area contributed by atoms with Gasteiger partial charge in [0, 0.05) is 6.07 Å². The fraction of sp³-hybridized carbons (Fsp3) is 0.0500. The zero-order valence-electron chi connectivity index (χ0n) is 15.7. The lowest BCUT2D eigenvalue weighted by atomic mass is 10.1. The summed E-state index contributed by atoms with van der Waals surface area (Å²) in [4.78, 5) is 23.2. The molecule has 0 radical (unpaired) electrons. The molecule has 0 saturated heterocycles. The molecule has 2 N–H and O–H groups in total. The number of para-hydroxylation sites is 1. The lowest BCUT2D eigenvalue weighted by molar-refractivity contribution is -0.384. The number of ether oxygens (including phenoxy) is 1. The van der Waals surface area contributed by atoms with Gasteiger partial charge in [0.25, 0.3) is 21.6 Å². The number of nitrogens with one attached hydrogen (secondary N) is 2. The Bertz CT molecular complexity index is 1200. The number of benzene rings is 3. The number of carbonyl (C=O) groups excluding carboxylic acids is 1. The maximum Gasteiger partial charge on any atom is 0.273 e. The van der Waals surface area contributed by atoms with Crippen LogP contribution in [0.25, 0.3) is 0 Å². The highest BCUT2D eigenvalue weighted by Gasteiger charge is 2.20. The van der Waals surface area contributed by atoms with E-state index in [1.165, 1.54) is 49.6 Å². The number of amides is 1. The van der Waals surface area contributed by atoms with Crippen LogP contribution in [0, 0.1) is 10.1 Å². The van der Waals surface area contributed by atoms with Gasteiger partial charge in [0.1, 0.15) is 5.75 Å². The highest BCUT2D eigenvalue weighted by molar-refractivity contribution is 7.92. The normalized spacial score (nSPS) is 10.8. The second kappa shape index (κ2) is 8.62. The summed E-state index contributed by atoms with van der Waals surface area (Å²) in [7, 11) is -2.58. The Kier molecular flexibility index (Phi) is 5.98. The third kappa shape index (κ3) is 4.55. The minimum absolute atomic E-state index is 0.0530. The molecule has 30 heavy (non-hydrogen) atoms. The molecule has 154 valence electrons. The van der Waals surface area contributed by atoms with Crippen LogP contribution in [0.5, 0.6) is 5.75 Å². The van der Waals surface area contributed by atoms with Crippen LogP contribution in [-0.2, 0) is 10.0 Å². The third-order valence-corrected chi connectivity index (χ3v) is 5.50. The Morgan fingerprint density at radius 1 is 0.967 bits per heavy atom. The number of nitro groups is 1. The molecule has 9 nitrogen and oxygen atoms in total. The molecule has 0 fully saturated rings. The molecule has 0 saturated carbocycles. The highest BCUT2D eigenvalue weighted by Crippen LogP contribution is 2.30. The van der Waals surface area contributed by atoms with Gasteiger partial charge in [-0.25, -0.2) is 8.42 Å². The molecule has 3 aromatic carbocycles. The van der Waals surface area contributed by atoms with Crippen molar-refractivity contribution in [1.82, 2.24) is 0 Å². The van der Waals surface area contributed by atoms with E-state index >= 15 is 0 Å². The summed E-state index contributed by atoms with van der Waals surface area (Å²) in [6.07, 6.45) is 0. The van der Waals surface area contributed by atoms with Crippen LogP contribution in [0.1, 0.15) is 10.4 Å². The first kappa shape index (κ1) is 20.8. The first-order valence-electron chi connectivity index (χ1n) is 8.62. The smallest absolute Gasteiger partial charge is 0.273 e. The minimum atomic E-state index is -3.90. The van der Waals surface area contributed by atoms with Crippen LogP contribution in [0.4, 0.5) is 17.1 Å². The van der Waals surface area contributed by atoms with Crippen LogP contribution in [0.3, 0.4) is 0 Å². The maximum atomic E-state index is 12.8. The van der Waals surface area contributed by atoms with E-state index in [0.717, 1.165) is 0 Å². The SMILES string of the molecule is COc1cc([N+](=O)[O-])ccc1NC(=O)c1ccccc1NS(=O)(=O)c1ccccc1. The van der Waals surface area contributed by atoms with Crippen molar-refractivity contribution in [1.29, 1.82) is 0 Å². The van der Waals surface area contributed by atoms with E-state index in [1.54, 1.807) is 30.3 Å². The number of rotatable bonds is 7. The van der Waals surface area contributed by atoms with Gasteiger partial charge < -0.3 is 10.1 Å². The molecule has 0 aliphatic heterocycles. The summed E-state index contributed by atoms with van der Waals surface area (Å²) in [6, 6.07) is 17.6. The molecule has 1 amide bonds. The van der Waals surface area contributed by atoms with Crippen LogP contribution in [0.2, 0.25) is 0 Å². The Morgan fingerprint density at radius 3 is 2.30 bits per heavy atom. The van der Waals surface area contributed by atoms with Crippen molar-refractivity contribution in [3.8, 4) is 5.75 Å². The van der Waals surface area contributed by atoms with Crippen molar-refractivity contribution in [2.45, 2.75) is 4.90 Å². The number of anilines is 2. The van der Waals surface area contributed by atoms with Crippen LogP contribution < -0.4 is 14.8 Å². The highest BCUT2D eigenvalue weighted by atomic mass is 32.2. The van der Waals surface area contributed by atoms with E-state index in [2.05, 4.69) is 10.0 Å². The minimum Gasteiger partial charge on any atom is -0.494 e. The number of methoxy groups -OCH3 is 1. The quantitative estimate of drug-likeness (QED) is 0.437. The van der Waals surface area contributed by atoms with E-state index < -0.39 is 20.9 Å². The molecule has 0 bridgehead atoms. The zero-order valence-corrected chi connectivity index (χ0v) is 16.5. The van der Waals surface area contributed by atoms with Gasteiger partial charge in [-0.05, 0) is 30.3 Å². The van der Waals surface area contributed by atoms with Crippen molar-refractivity contribution in [2.24, 2.45) is 0 Å². The molecular formula is C20H17N3O6S. The molecule has 10 heteroatoms. The fourth-order valence-corrected chi connectivity index (χ4v) is 3.76. The van der Waals surface area contributed by atoms with Crippen molar-refractivity contribution < 1.29 is 22.9 Å². The van der Waals surface area contributed by atoms with E-state index in [-0.39, 0.29) is 33.3 Å². The predicted octanol–water partition coefficient (Wildman–Crippen LogP) is 3.66. The standard InChI is InChI=1S/C20H17N3O6S/c1-29-19-13-14(23(25)26)11-12-18(19)21-20(24)16-9-5-6-10-17(16)22-30(27,28)15-7-3-2-4-8-15/h2-13,22H,1H3,(H,21,24). The molecule has 3 aromatic rings. The molecule has 0 aromatic heterocycles. The lowest BCUT2D eigenvalue weighted by Crippen LogP contribution is -2.18. The first-order chi connectivity index (χ1) is 14.3. The number of hydrogen-bond donors (Lipinski definition) is 2. The van der Waals surface area contributed by atoms with Gasteiger partial charge in [-0.15, -0.1) is 0 Å². The number of nitro benzene ring substituents is 1. The summed E-state index contributed by atoms with van der Waals surface area (Å²) in [5.74, 6) is -0.520. The summed E-state index contributed by atoms with van der Waals surface area (Å²) in [6.45, 7) is 0. The van der Waals surface area contributed by atoms with Gasteiger partial charge in [0.05, 0.1) is 39.9 Å². The van der Waals surface area contributed by atoms with Gasteiger partial charge in [-0.2, -0.15) is 0 Å². The van der Waals surface area contributed by atoms with Gasteiger partial charge in [-0.3, -0.25) is 19.6 Å². The molecule has 0 aliphatic carbocycles. The molecule has 0 heterocycles. The van der Waals surface area contributed by atoms with E-state index in [1.807, 2.05) is 0 Å². The second-order valence-corrected chi connectivity index (χ2v) is 7.74. The monoisotopic (exact) mass is 427 g/mol. The van der Waals surface area contributed by atoms with E-state index in [0.29, 0.717) is 0 Å². The molecule has 0 spiro atoms. The van der Waals surface area contributed by atoms with E-state index in [9.17, 15) is 23.3 Å². The Labute approximate surface area is 172 Å². The average Bonchev–Trinajstić information content (AvgIpc) is 2.74. The molecule has 0 unspecified atom stereocenters. The summed E-state index contributed by atoms with van der Waals surface area (Å²) in [5, 5.41) is 13.5. The molecule has 3 rings (SSSR count). The van der Waals surface area contributed by atoms with Gasteiger partial charge >= 0.3 is 0 Å². The van der Waals surface area contributed by atoms with Crippen LogP contribution in [-0.4, -0.2) is 26.4 Å². The Morgan fingerprint density at radius 2 is 1.63 bits per heavy atom. The van der Waals surface area contributed by atoms with Gasteiger partial charge in [-0.1, -0.05) is 30.3 Å². The van der Waals surface area contributed by atoms with Gasteiger partial charge in [0.15, 0.2) is 0 Å². The number of hydrogen-bond acceptors (Lipinski definition) is 6. The zero-order chi connectivity index (χ0) is 21.7. The summed E-state index contributed by atoms with van der Waals surface area (Å²) >= 11 is 0. The van der Waals surface area contributed by atoms with Crippen LogP contribution >= 0.6 is 0 Å². The van der Waals surface area contributed by atoms with Crippen molar-refractivity contribution in [3.63, 3.8) is 0 Å². The predicted molar refractivity (Wildman–Crippen MR) is 111 cm³/mol. The average molecular weight is 427 g/mol. The number of non-ortho nitro benzene ring substituents is 1. The topological polar surface area (TPSA) is 128 Å². The van der Waals surface area contributed by atoms with Gasteiger partial charge in [0.2, 0.25) is 0 Å². The van der Waals surface area contributed by atoms with Crippen molar-refractivity contribution in [3.05, 3.63) is 88.5 Å². The fourth-order valence-electron chi connectivity index (χ4n) is 2.66. The van der Waals surface area contributed by atoms with Crippen molar-refractivity contribution in [2.75, 3.05) is 17.1 Å². The lowest BCUT2D eigenvalue weighted by Gasteiger charge is -2.14. The molecule has 0 atom stereocenters. The summed E-state index contributed by atoms with van der Waals surface area (Å²) in [5.41, 5.74) is 0.159. The number of nitrogens with zero attached hydrogens (tertiary/aromatic N) is 1. The third-order valence-electron chi connectivity index (χ3n) is 4.11. The Balaban J connectivity index is 1.89. The Hall–Kier alpha value is -3.92. The van der Waals surface area contributed by atoms with Crippen LogP contribution in [0.15, 0.2) is 77.7 Å². The number of carbonyl (C=O) groups is 1. The van der Waals surface area contributed by atoms with Crippen molar-refractivity contribution >= 4 is 33.0 Å². The molecule has 0 aliphatic rings. The molecular weight excluding hydrogens is 410 g/mol.